The number of anilines is 5. The number of aryl methyl sites for hydroxylation is 1. The molecule has 0 radical (unpaired) electrons. The second-order valence-corrected chi connectivity index (χ2v) is 6.04. The number of carbonyl (C=O) groups excluding carboxylic acids is 1. The monoisotopic (exact) mass is 368 g/mol. The van der Waals surface area contributed by atoms with Gasteiger partial charge >= 0.3 is 0 Å². The standard InChI is InChI=1S/C18H17ClN6O/c1-11-3-4-15(9-16(11)19)22-17-10-20-25-18(24-17)23-14-7-5-13(6-8-14)21-12(2)26/h3-10H,1-2H3,(H,21,26)(H2,22,23,24,25). The molecule has 1 amide bonds. The maximum Gasteiger partial charge on any atom is 0.249 e. The van der Waals surface area contributed by atoms with Crippen LogP contribution in [0.3, 0.4) is 0 Å². The van der Waals surface area contributed by atoms with E-state index in [4.69, 9.17) is 11.6 Å². The first-order valence-electron chi connectivity index (χ1n) is 7.87. The van der Waals surface area contributed by atoms with Crippen LogP contribution in [0.5, 0.6) is 0 Å². The van der Waals surface area contributed by atoms with Crippen molar-refractivity contribution in [3.63, 3.8) is 0 Å². The Kier molecular flexibility index (Phi) is 5.28. The summed E-state index contributed by atoms with van der Waals surface area (Å²) in [5, 5.41) is 17.5. The topological polar surface area (TPSA) is 91.8 Å². The van der Waals surface area contributed by atoms with Crippen LogP contribution < -0.4 is 16.0 Å². The third-order valence-corrected chi connectivity index (χ3v) is 3.87. The fraction of sp³-hybridized carbons (Fsp3) is 0.111. The number of hydrogen-bond donors (Lipinski definition) is 3. The second kappa shape index (κ2) is 7.79. The number of carbonyl (C=O) groups is 1. The van der Waals surface area contributed by atoms with Crippen molar-refractivity contribution in [2.24, 2.45) is 0 Å². The molecule has 3 N–H and O–H groups in total. The number of benzene rings is 2. The Bertz CT molecular complexity index is 929. The van der Waals surface area contributed by atoms with Gasteiger partial charge in [-0.3, -0.25) is 4.79 Å². The van der Waals surface area contributed by atoms with Gasteiger partial charge in [0.05, 0.1) is 6.20 Å². The average Bonchev–Trinajstić information content (AvgIpc) is 2.60. The number of rotatable bonds is 5. The van der Waals surface area contributed by atoms with Gasteiger partial charge in [-0.15, -0.1) is 5.10 Å². The van der Waals surface area contributed by atoms with Crippen LogP contribution in [0.25, 0.3) is 0 Å². The van der Waals surface area contributed by atoms with E-state index >= 15 is 0 Å². The lowest BCUT2D eigenvalue weighted by atomic mass is 10.2. The minimum atomic E-state index is -0.117. The molecule has 0 aliphatic carbocycles. The molecule has 132 valence electrons. The molecular formula is C18H17ClN6O. The second-order valence-electron chi connectivity index (χ2n) is 5.64. The Morgan fingerprint density at radius 3 is 2.38 bits per heavy atom. The van der Waals surface area contributed by atoms with E-state index < -0.39 is 0 Å². The number of nitrogens with zero attached hydrogens (tertiary/aromatic N) is 3. The predicted molar refractivity (Wildman–Crippen MR) is 103 cm³/mol. The minimum Gasteiger partial charge on any atom is -0.339 e. The van der Waals surface area contributed by atoms with Crippen LogP contribution in [0, 0.1) is 6.92 Å². The molecule has 7 nitrogen and oxygen atoms in total. The lowest BCUT2D eigenvalue weighted by Crippen LogP contribution is -2.06. The van der Waals surface area contributed by atoms with Crippen molar-refractivity contribution < 1.29 is 4.79 Å². The van der Waals surface area contributed by atoms with Crippen LogP contribution in [0.15, 0.2) is 48.7 Å². The summed E-state index contributed by atoms with van der Waals surface area (Å²) in [4.78, 5) is 15.4. The summed E-state index contributed by atoms with van der Waals surface area (Å²) < 4.78 is 0. The molecule has 26 heavy (non-hydrogen) atoms. The number of aromatic nitrogens is 3. The summed E-state index contributed by atoms with van der Waals surface area (Å²) in [6.45, 7) is 3.41. The smallest absolute Gasteiger partial charge is 0.249 e. The van der Waals surface area contributed by atoms with E-state index in [1.807, 2.05) is 37.3 Å². The molecule has 1 aromatic heterocycles. The average molecular weight is 369 g/mol. The molecule has 0 spiro atoms. The quantitative estimate of drug-likeness (QED) is 0.622. The van der Waals surface area contributed by atoms with Crippen LogP contribution in [-0.4, -0.2) is 21.1 Å². The Balaban J connectivity index is 1.70. The van der Waals surface area contributed by atoms with Gasteiger partial charge in [-0.05, 0) is 48.9 Å². The van der Waals surface area contributed by atoms with E-state index in [2.05, 4.69) is 31.1 Å². The van der Waals surface area contributed by atoms with Gasteiger partial charge in [0, 0.05) is 29.0 Å². The van der Waals surface area contributed by atoms with Crippen molar-refractivity contribution >= 4 is 46.3 Å². The maximum atomic E-state index is 11.0. The molecule has 8 heteroatoms. The van der Waals surface area contributed by atoms with Crippen molar-refractivity contribution in [3.8, 4) is 0 Å². The van der Waals surface area contributed by atoms with Gasteiger partial charge in [0.2, 0.25) is 11.9 Å². The summed E-state index contributed by atoms with van der Waals surface area (Å²) in [5.41, 5.74) is 3.31. The van der Waals surface area contributed by atoms with Crippen LogP contribution in [-0.2, 0) is 4.79 Å². The van der Waals surface area contributed by atoms with Gasteiger partial charge < -0.3 is 16.0 Å². The maximum absolute atomic E-state index is 11.0. The van der Waals surface area contributed by atoms with E-state index in [1.54, 1.807) is 12.1 Å². The zero-order chi connectivity index (χ0) is 18.5. The highest BCUT2D eigenvalue weighted by atomic mass is 35.5. The van der Waals surface area contributed by atoms with E-state index in [1.165, 1.54) is 13.1 Å². The van der Waals surface area contributed by atoms with E-state index in [-0.39, 0.29) is 5.91 Å². The molecule has 2 aromatic carbocycles. The Morgan fingerprint density at radius 1 is 1.00 bits per heavy atom. The van der Waals surface area contributed by atoms with Crippen LogP contribution in [0.2, 0.25) is 5.02 Å². The fourth-order valence-electron chi connectivity index (χ4n) is 2.20. The third-order valence-electron chi connectivity index (χ3n) is 3.46. The Labute approximate surface area is 155 Å². The molecule has 0 saturated heterocycles. The molecule has 3 rings (SSSR count). The van der Waals surface area contributed by atoms with E-state index in [0.29, 0.717) is 22.5 Å². The lowest BCUT2D eigenvalue weighted by molar-refractivity contribution is -0.114. The van der Waals surface area contributed by atoms with Gasteiger partial charge in [-0.25, -0.2) is 0 Å². The Morgan fingerprint density at radius 2 is 1.69 bits per heavy atom. The number of amides is 1. The van der Waals surface area contributed by atoms with E-state index in [0.717, 1.165) is 16.9 Å². The molecule has 0 fully saturated rings. The van der Waals surface area contributed by atoms with Gasteiger partial charge in [-0.2, -0.15) is 10.1 Å². The van der Waals surface area contributed by atoms with Gasteiger partial charge in [-0.1, -0.05) is 17.7 Å². The largest absolute Gasteiger partial charge is 0.339 e. The minimum absolute atomic E-state index is 0.117. The number of halogens is 1. The number of nitrogens with one attached hydrogen (secondary N) is 3. The SMILES string of the molecule is CC(=O)Nc1ccc(Nc2nncc(Nc3ccc(C)c(Cl)c3)n2)cc1. The highest BCUT2D eigenvalue weighted by molar-refractivity contribution is 6.31. The summed E-state index contributed by atoms with van der Waals surface area (Å²) in [6, 6.07) is 12.9. The van der Waals surface area contributed by atoms with Crippen molar-refractivity contribution in [2.45, 2.75) is 13.8 Å². The molecule has 0 bridgehead atoms. The zero-order valence-electron chi connectivity index (χ0n) is 14.2. The molecule has 0 aliphatic heterocycles. The first-order valence-corrected chi connectivity index (χ1v) is 8.25. The van der Waals surface area contributed by atoms with Crippen molar-refractivity contribution in [1.82, 2.24) is 15.2 Å². The van der Waals surface area contributed by atoms with Gasteiger partial charge in [0.25, 0.3) is 0 Å². The normalized spacial score (nSPS) is 10.3. The highest BCUT2D eigenvalue weighted by Gasteiger charge is 2.04. The van der Waals surface area contributed by atoms with Crippen molar-refractivity contribution in [1.29, 1.82) is 0 Å². The molecule has 3 aromatic rings. The summed E-state index contributed by atoms with van der Waals surface area (Å²) >= 11 is 6.14. The third kappa shape index (κ3) is 4.67. The van der Waals surface area contributed by atoms with E-state index in [9.17, 15) is 4.79 Å². The van der Waals surface area contributed by atoms with Crippen molar-refractivity contribution in [3.05, 3.63) is 59.2 Å². The highest BCUT2D eigenvalue weighted by Crippen LogP contribution is 2.23. The summed E-state index contributed by atoms with van der Waals surface area (Å²) in [5.74, 6) is 0.769. The van der Waals surface area contributed by atoms with Crippen LogP contribution in [0.4, 0.5) is 28.8 Å². The number of hydrogen-bond acceptors (Lipinski definition) is 6. The lowest BCUT2D eigenvalue weighted by Gasteiger charge is -2.09. The molecule has 0 aliphatic rings. The Hall–Kier alpha value is -3.19. The molecule has 0 unspecified atom stereocenters. The van der Waals surface area contributed by atoms with Gasteiger partial charge in [0.1, 0.15) is 0 Å². The van der Waals surface area contributed by atoms with Gasteiger partial charge in [0.15, 0.2) is 5.82 Å². The van der Waals surface area contributed by atoms with Crippen LogP contribution in [0.1, 0.15) is 12.5 Å². The molecular weight excluding hydrogens is 352 g/mol. The summed E-state index contributed by atoms with van der Waals surface area (Å²) in [6.07, 6.45) is 1.53. The molecule has 0 atom stereocenters. The molecule has 1 heterocycles. The molecule has 0 saturated carbocycles. The van der Waals surface area contributed by atoms with Crippen molar-refractivity contribution in [2.75, 3.05) is 16.0 Å². The van der Waals surface area contributed by atoms with Crippen LogP contribution >= 0.6 is 11.6 Å². The predicted octanol–water partition coefficient (Wildman–Crippen LogP) is 4.28. The zero-order valence-corrected chi connectivity index (χ0v) is 15.0. The first-order chi connectivity index (χ1) is 12.5. The fourth-order valence-corrected chi connectivity index (χ4v) is 2.39. The first kappa shape index (κ1) is 17.6. The summed E-state index contributed by atoms with van der Waals surface area (Å²) in [7, 11) is 0.